The van der Waals surface area contributed by atoms with E-state index >= 15 is 0 Å². The number of hydrogen-bond donors (Lipinski definition) is 2. The molecule has 0 aliphatic carbocycles. The van der Waals surface area contributed by atoms with Gasteiger partial charge in [-0.25, -0.2) is 4.79 Å². The van der Waals surface area contributed by atoms with Gasteiger partial charge in [0.25, 0.3) is 5.91 Å². The maximum atomic E-state index is 12.2. The Morgan fingerprint density at radius 3 is 2.66 bits per heavy atom. The van der Waals surface area contributed by atoms with Gasteiger partial charge in [-0.1, -0.05) is 12.1 Å². The fourth-order valence-corrected chi connectivity index (χ4v) is 3.22. The molecule has 164 valence electrons. The Bertz CT molecular complexity index is 1290. The van der Waals surface area contributed by atoms with Gasteiger partial charge < -0.3 is 13.9 Å². The Morgan fingerprint density at radius 2 is 1.88 bits per heavy atom. The lowest BCUT2D eigenvalue weighted by Gasteiger charge is -2.07. The van der Waals surface area contributed by atoms with Gasteiger partial charge in [0.05, 0.1) is 7.11 Å². The smallest absolute Gasteiger partial charge is 0.336 e. The SMILES string of the molecule is COc1ccc(CCc2nc(NC(=O)COc3ccc4c(C)cc(=O)oc4c3)n[nH]2)cc1. The number of nitrogens with one attached hydrogen (secondary N) is 2. The minimum absolute atomic E-state index is 0.184. The maximum Gasteiger partial charge on any atom is 0.336 e. The number of rotatable bonds is 8. The molecule has 2 aromatic carbocycles. The number of nitrogens with zero attached hydrogens (tertiary/aromatic N) is 2. The van der Waals surface area contributed by atoms with Crippen molar-refractivity contribution in [1.82, 2.24) is 15.2 Å². The summed E-state index contributed by atoms with van der Waals surface area (Å²) in [7, 11) is 1.63. The van der Waals surface area contributed by atoms with Gasteiger partial charge in [-0.3, -0.25) is 15.2 Å². The van der Waals surface area contributed by atoms with Crippen molar-refractivity contribution in [3.8, 4) is 11.5 Å². The van der Waals surface area contributed by atoms with Crippen LogP contribution in [0.25, 0.3) is 11.0 Å². The molecule has 0 aliphatic heterocycles. The van der Waals surface area contributed by atoms with Crippen molar-refractivity contribution in [3.63, 3.8) is 0 Å². The highest BCUT2D eigenvalue weighted by atomic mass is 16.5. The predicted molar refractivity (Wildman–Crippen MR) is 118 cm³/mol. The van der Waals surface area contributed by atoms with Crippen LogP contribution in [0.15, 0.2) is 57.7 Å². The number of ether oxygens (including phenoxy) is 2. The summed E-state index contributed by atoms with van der Waals surface area (Å²) in [5.41, 5.74) is 1.93. The molecule has 0 aliphatic rings. The summed E-state index contributed by atoms with van der Waals surface area (Å²) in [6.07, 6.45) is 1.42. The molecule has 0 bridgehead atoms. The summed E-state index contributed by atoms with van der Waals surface area (Å²) in [5.74, 6) is 1.66. The summed E-state index contributed by atoms with van der Waals surface area (Å²) >= 11 is 0. The lowest BCUT2D eigenvalue weighted by molar-refractivity contribution is -0.118. The molecule has 1 amide bonds. The number of amides is 1. The summed E-state index contributed by atoms with van der Waals surface area (Å²) in [6, 6.07) is 14.3. The third-order valence-electron chi connectivity index (χ3n) is 4.89. The Hall–Kier alpha value is -4.14. The van der Waals surface area contributed by atoms with Gasteiger partial charge in [0, 0.05) is 23.9 Å². The molecule has 0 atom stereocenters. The van der Waals surface area contributed by atoms with Crippen molar-refractivity contribution >= 4 is 22.8 Å². The van der Waals surface area contributed by atoms with E-state index in [-0.39, 0.29) is 12.6 Å². The predicted octanol–water partition coefficient (Wildman–Crippen LogP) is 3.03. The number of carbonyl (C=O) groups excluding carboxylic acids is 1. The second-order valence-corrected chi connectivity index (χ2v) is 7.20. The largest absolute Gasteiger partial charge is 0.497 e. The van der Waals surface area contributed by atoms with Gasteiger partial charge in [-0.2, -0.15) is 4.98 Å². The van der Waals surface area contributed by atoms with Crippen LogP contribution in [0.5, 0.6) is 11.5 Å². The van der Waals surface area contributed by atoms with Crippen molar-refractivity contribution in [2.24, 2.45) is 0 Å². The lowest BCUT2D eigenvalue weighted by atomic mass is 10.1. The number of carbonyl (C=O) groups is 1. The van der Waals surface area contributed by atoms with E-state index < -0.39 is 11.5 Å². The molecule has 2 aromatic heterocycles. The van der Waals surface area contributed by atoms with Crippen LogP contribution in [-0.2, 0) is 17.6 Å². The van der Waals surface area contributed by atoms with Gasteiger partial charge >= 0.3 is 5.63 Å². The molecule has 0 saturated heterocycles. The molecular weight excluding hydrogens is 412 g/mol. The molecule has 0 spiro atoms. The first kappa shape index (κ1) is 21.1. The summed E-state index contributed by atoms with van der Waals surface area (Å²) in [6.45, 7) is 1.59. The first-order valence-corrected chi connectivity index (χ1v) is 10.0. The number of methoxy groups -OCH3 is 1. The number of hydrogen-bond acceptors (Lipinski definition) is 7. The highest BCUT2D eigenvalue weighted by molar-refractivity contribution is 5.90. The van der Waals surface area contributed by atoms with E-state index in [0.717, 1.165) is 28.7 Å². The number of benzene rings is 2. The second kappa shape index (κ2) is 9.34. The molecule has 0 saturated carbocycles. The molecule has 2 heterocycles. The average Bonchev–Trinajstić information content (AvgIpc) is 3.23. The topological polar surface area (TPSA) is 119 Å². The minimum atomic E-state index is -0.433. The van der Waals surface area contributed by atoms with Crippen LogP contribution < -0.4 is 20.4 Å². The highest BCUT2D eigenvalue weighted by Crippen LogP contribution is 2.22. The van der Waals surface area contributed by atoms with Crippen LogP contribution in [-0.4, -0.2) is 34.8 Å². The van der Waals surface area contributed by atoms with E-state index in [1.807, 2.05) is 31.2 Å². The zero-order valence-electron chi connectivity index (χ0n) is 17.7. The van der Waals surface area contributed by atoms with Gasteiger partial charge in [0.1, 0.15) is 22.9 Å². The summed E-state index contributed by atoms with van der Waals surface area (Å²) < 4.78 is 15.8. The van der Waals surface area contributed by atoms with Crippen LogP contribution in [0.2, 0.25) is 0 Å². The van der Waals surface area contributed by atoms with Crippen LogP contribution in [0.4, 0.5) is 5.95 Å². The van der Waals surface area contributed by atoms with Crippen LogP contribution in [0.3, 0.4) is 0 Å². The number of H-pyrrole nitrogens is 1. The van der Waals surface area contributed by atoms with E-state index in [1.165, 1.54) is 6.07 Å². The molecule has 0 unspecified atom stereocenters. The number of aryl methyl sites for hydroxylation is 3. The Kier molecular flexibility index (Phi) is 6.16. The molecular formula is C23H22N4O5. The number of aromatic amines is 1. The molecule has 2 N–H and O–H groups in total. The molecule has 4 aromatic rings. The van der Waals surface area contributed by atoms with Crippen LogP contribution >= 0.6 is 0 Å². The van der Waals surface area contributed by atoms with Crippen molar-refractivity contribution in [1.29, 1.82) is 0 Å². The molecule has 9 heteroatoms. The van der Waals surface area contributed by atoms with Crippen LogP contribution in [0.1, 0.15) is 17.0 Å². The standard InChI is InChI=1S/C23H22N4O5/c1-14-11-22(29)32-19-12-17(8-9-18(14)19)31-13-21(28)25-23-24-20(26-27-23)10-5-15-3-6-16(30-2)7-4-15/h3-4,6-9,11-12H,5,10,13H2,1-2H3,(H2,24,25,26,27,28). The van der Waals surface area contributed by atoms with Crippen molar-refractivity contribution in [2.75, 3.05) is 19.0 Å². The van der Waals surface area contributed by atoms with E-state index in [9.17, 15) is 9.59 Å². The van der Waals surface area contributed by atoms with Gasteiger partial charge in [-0.05, 0) is 48.7 Å². The first-order valence-electron chi connectivity index (χ1n) is 10.0. The fraction of sp³-hybridized carbons (Fsp3) is 0.217. The minimum Gasteiger partial charge on any atom is -0.497 e. The summed E-state index contributed by atoms with van der Waals surface area (Å²) in [4.78, 5) is 28.0. The molecule has 0 radical (unpaired) electrons. The maximum absolute atomic E-state index is 12.2. The number of anilines is 1. The zero-order chi connectivity index (χ0) is 22.5. The van der Waals surface area contributed by atoms with E-state index in [2.05, 4.69) is 20.5 Å². The van der Waals surface area contributed by atoms with Crippen LogP contribution in [0, 0.1) is 6.92 Å². The van der Waals surface area contributed by atoms with Crippen molar-refractivity contribution in [2.45, 2.75) is 19.8 Å². The molecule has 32 heavy (non-hydrogen) atoms. The monoisotopic (exact) mass is 434 g/mol. The Morgan fingerprint density at radius 1 is 1.09 bits per heavy atom. The third kappa shape index (κ3) is 5.12. The average molecular weight is 434 g/mol. The summed E-state index contributed by atoms with van der Waals surface area (Å²) in [5, 5.41) is 10.2. The highest BCUT2D eigenvalue weighted by Gasteiger charge is 2.10. The van der Waals surface area contributed by atoms with Gasteiger partial charge in [0.15, 0.2) is 6.61 Å². The van der Waals surface area contributed by atoms with E-state index in [1.54, 1.807) is 25.3 Å². The Labute approximate surface area is 183 Å². The lowest BCUT2D eigenvalue weighted by Crippen LogP contribution is -2.20. The molecule has 4 rings (SSSR count). The fourth-order valence-electron chi connectivity index (χ4n) is 3.22. The second-order valence-electron chi connectivity index (χ2n) is 7.20. The Balaban J connectivity index is 1.29. The van der Waals surface area contributed by atoms with Crippen molar-refractivity contribution in [3.05, 3.63) is 75.9 Å². The number of fused-ring (bicyclic) bond motifs is 1. The number of aromatic nitrogens is 3. The third-order valence-corrected chi connectivity index (χ3v) is 4.89. The van der Waals surface area contributed by atoms with Gasteiger partial charge in [0.2, 0.25) is 5.95 Å². The quantitative estimate of drug-likeness (QED) is 0.409. The van der Waals surface area contributed by atoms with Gasteiger partial charge in [-0.15, -0.1) is 5.10 Å². The molecule has 9 nitrogen and oxygen atoms in total. The normalized spacial score (nSPS) is 10.8. The zero-order valence-corrected chi connectivity index (χ0v) is 17.7. The van der Waals surface area contributed by atoms with E-state index in [4.69, 9.17) is 13.9 Å². The first-order chi connectivity index (χ1) is 15.5. The molecule has 0 fully saturated rings. The van der Waals surface area contributed by atoms with E-state index in [0.29, 0.717) is 23.6 Å². The van der Waals surface area contributed by atoms with Crippen molar-refractivity contribution < 1.29 is 18.7 Å².